The van der Waals surface area contributed by atoms with Crippen LogP contribution in [0.15, 0.2) is 127 Å². The lowest BCUT2D eigenvalue weighted by Crippen LogP contribution is -2.28. The Labute approximate surface area is 329 Å². The van der Waals surface area contributed by atoms with Crippen LogP contribution in [-0.2, 0) is 24.7 Å². The van der Waals surface area contributed by atoms with Crippen LogP contribution in [0.3, 0.4) is 0 Å². The predicted octanol–water partition coefficient (Wildman–Crippen LogP) is 13.2. The highest BCUT2D eigenvalue weighted by atomic mass is 31.1. The van der Waals surface area contributed by atoms with Crippen LogP contribution in [0.2, 0.25) is 0 Å². The van der Waals surface area contributed by atoms with E-state index in [0.717, 1.165) is 0 Å². The Bertz CT molecular complexity index is 2470. The van der Waals surface area contributed by atoms with E-state index in [1.165, 1.54) is 32.4 Å². The maximum atomic E-state index is 14.6. The van der Waals surface area contributed by atoms with Crippen LogP contribution in [0.25, 0.3) is 43.8 Å². The highest BCUT2D eigenvalue weighted by Crippen LogP contribution is 2.50. The summed E-state index contributed by atoms with van der Waals surface area (Å²) in [5.74, 6) is 0.281. The lowest BCUT2D eigenvalue weighted by Gasteiger charge is -2.29. The molecule has 0 saturated carbocycles. The Balaban J connectivity index is 1.78. The van der Waals surface area contributed by atoms with E-state index in [9.17, 15) is 52.7 Å². The average molecular weight is 847 g/mol. The first-order valence-electron chi connectivity index (χ1n) is 17.3. The normalized spacial score (nSPS) is 12.7. The highest BCUT2D eigenvalue weighted by Gasteiger charge is 2.41. The number of benzene rings is 7. The number of ether oxygens (including phenoxy) is 2. The number of halogens is 12. The second-order valence-electron chi connectivity index (χ2n) is 13.3. The van der Waals surface area contributed by atoms with Crippen molar-refractivity contribution >= 4 is 45.4 Å². The molecule has 0 bridgehead atoms. The fourth-order valence-electron chi connectivity index (χ4n) is 7.13. The summed E-state index contributed by atoms with van der Waals surface area (Å²) in [6.07, 6.45) is -21.7. The molecule has 0 saturated heterocycles. The van der Waals surface area contributed by atoms with Gasteiger partial charge in [0.2, 0.25) is 0 Å². The van der Waals surface area contributed by atoms with E-state index in [0.29, 0.717) is 45.8 Å². The maximum absolute atomic E-state index is 14.6. The van der Waals surface area contributed by atoms with Crippen LogP contribution in [0, 0.1) is 0 Å². The smallest absolute Gasteiger partial charge is 0.416 e. The van der Waals surface area contributed by atoms with E-state index in [4.69, 9.17) is 9.47 Å². The second kappa shape index (κ2) is 15.1. The Morgan fingerprint density at radius 2 is 0.729 bits per heavy atom. The standard InChI is InChI=1S/C44H27F12O2P/c1-57-36-16-14-24-8-3-5-10-32(24)38(36)34-12-7-13-35(39-33-11-6-4-9-25(33)15-17-37(39)58-2)40(34)59(30-20-26(41(45,46)47)18-27(21-30)42(48,49)50)31-22-28(43(51,52)53)19-29(23-31)44(54,55)56/h3-23H,1-2H3. The molecule has 304 valence electrons. The zero-order valence-corrected chi connectivity index (χ0v) is 31.3. The number of hydrogen-bond acceptors (Lipinski definition) is 2. The Morgan fingerprint density at radius 3 is 1.05 bits per heavy atom. The molecule has 59 heavy (non-hydrogen) atoms. The van der Waals surface area contributed by atoms with Gasteiger partial charge in [-0.1, -0.05) is 78.9 Å². The van der Waals surface area contributed by atoms with Crippen molar-refractivity contribution in [3.63, 3.8) is 0 Å². The van der Waals surface area contributed by atoms with Gasteiger partial charge in [0.1, 0.15) is 11.5 Å². The predicted molar refractivity (Wildman–Crippen MR) is 204 cm³/mol. The molecule has 7 aromatic carbocycles. The largest absolute Gasteiger partial charge is 0.496 e. The van der Waals surface area contributed by atoms with Crippen molar-refractivity contribution in [2.75, 3.05) is 14.2 Å². The first kappa shape index (κ1) is 41.4. The molecule has 0 aliphatic rings. The molecule has 0 atom stereocenters. The summed E-state index contributed by atoms with van der Waals surface area (Å²) in [5.41, 5.74) is -6.72. The molecular formula is C44H27F12O2P. The highest BCUT2D eigenvalue weighted by molar-refractivity contribution is 7.80. The molecule has 0 spiro atoms. The number of rotatable bonds is 7. The zero-order valence-electron chi connectivity index (χ0n) is 30.4. The van der Waals surface area contributed by atoms with E-state index in [1.54, 1.807) is 72.8 Å². The molecule has 0 aliphatic heterocycles. The van der Waals surface area contributed by atoms with Crippen molar-refractivity contribution < 1.29 is 62.2 Å². The monoisotopic (exact) mass is 846 g/mol. The molecule has 0 aliphatic carbocycles. The second-order valence-corrected chi connectivity index (χ2v) is 15.4. The number of methoxy groups -OCH3 is 2. The Hall–Kier alpha value is -5.75. The van der Waals surface area contributed by atoms with Crippen LogP contribution in [0.5, 0.6) is 11.5 Å². The summed E-state index contributed by atoms with van der Waals surface area (Å²) in [5, 5.41) is 0.234. The molecule has 0 fully saturated rings. The topological polar surface area (TPSA) is 18.5 Å². The SMILES string of the molecule is COc1ccc2ccccc2c1-c1cccc(-c2c(OC)ccc3ccccc23)c1P(c1cc(C(F)(F)F)cc(C(F)(F)F)c1)c1cc(C(F)(F)F)cc(C(F)(F)F)c1. The average Bonchev–Trinajstić information content (AvgIpc) is 3.18. The van der Waals surface area contributed by atoms with E-state index in [-0.39, 0.29) is 51.2 Å². The van der Waals surface area contributed by atoms with E-state index in [2.05, 4.69) is 0 Å². The van der Waals surface area contributed by atoms with Gasteiger partial charge in [-0.25, -0.2) is 0 Å². The Morgan fingerprint density at radius 1 is 0.390 bits per heavy atom. The fraction of sp³-hybridized carbons (Fsp3) is 0.136. The van der Waals surface area contributed by atoms with Crippen LogP contribution in [0.4, 0.5) is 52.7 Å². The molecule has 7 rings (SSSR count). The van der Waals surface area contributed by atoms with Gasteiger partial charge in [-0.15, -0.1) is 0 Å². The number of alkyl halides is 12. The third-order valence-corrected chi connectivity index (χ3v) is 12.2. The molecular weight excluding hydrogens is 819 g/mol. The van der Waals surface area contributed by atoms with Gasteiger partial charge >= 0.3 is 24.7 Å². The van der Waals surface area contributed by atoms with Gasteiger partial charge in [0.15, 0.2) is 0 Å². The van der Waals surface area contributed by atoms with Crippen molar-refractivity contribution in [2.45, 2.75) is 24.7 Å². The molecule has 0 N–H and O–H groups in total. The van der Waals surface area contributed by atoms with Gasteiger partial charge in [-0.3, -0.25) is 0 Å². The van der Waals surface area contributed by atoms with Gasteiger partial charge in [-0.2, -0.15) is 52.7 Å². The van der Waals surface area contributed by atoms with Crippen molar-refractivity contribution in [3.05, 3.63) is 150 Å². The number of fused-ring (bicyclic) bond motifs is 2. The zero-order chi connectivity index (χ0) is 42.7. The van der Waals surface area contributed by atoms with Gasteiger partial charge in [0.05, 0.1) is 36.5 Å². The molecule has 15 heteroatoms. The van der Waals surface area contributed by atoms with Crippen molar-refractivity contribution in [2.24, 2.45) is 0 Å². The first-order valence-corrected chi connectivity index (χ1v) is 18.7. The summed E-state index contributed by atoms with van der Waals surface area (Å²) in [6.45, 7) is 0. The lowest BCUT2D eigenvalue weighted by atomic mass is 9.92. The molecule has 7 aromatic rings. The molecule has 0 heterocycles. The van der Waals surface area contributed by atoms with Crippen molar-refractivity contribution in [3.8, 4) is 33.8 Å². The minimum atomic E-state index is -5.43. The van der Waals surface area contributed by atoms with Crippen LogP contribution < -0.4 is 25.4 Å². The van der Waals surface area contributed by atoms with Crippen molar-refractivity contribution in [1.29, 1.82) is 0 Å². The summed E-state index contributed by atoms with van der Waals surface area (Å²) < 4.78 is 187. The third kappa shape index (κ3) is 8.02. The summed E-state index contributed by atoms with van der Waals surface area (Å²) in [4.78, 5) is 0. The summed E-state index contributed by atoms with van der Waals surface area (Å²) in [6, 6.07) is 25.4. The van der Waals surface area contributed by atoms with Gasteiger partial charge in [0.25, 0.3) is 0 Å². The molecule has 0 unspecified atom stereocenters. The first-order chi connectivity index (χ1) is 27.7. The van der Waals surface area contributed by atoms with Crippen LogP contribution in [0.1, 0.15) is 22.3 Å². The van der Waals surface area contributed by atoms with Crippen LogP contribution >= 0.6 is 7.92 Å². The molecule has 0 radical (unpaired) electrons. The third-order valence-electron chi connectivity index (χ3n) is 9.68. The number of hydrogen-bond donors (Lipinski definition) is 0. The maximum Gasteiger partial charge on any atom is 0.416 e. The van der Waals surface area contributed by atoms with Crippen LogP contribution in [-0.4, -0.2) is 14.2 Å². The van der Waals surface area contributed by atoms with Gasteiger partial charge < -0.3 is 9.47 Å². The quantitative estimate of drug-likeness (QED) is 0.118. The minimum absolute atomic E-state index is 0.0502. The Kier molecular flexibility index (Phi) is 10.6. The summed E-state index contributed by atoms with van der Waals surface area (Å²) in [7, 11) is -0.637. The van der Waals surface area contributed by atoms with Gasteiger partial charge in [0, 0.05) is 16.4 Å². The van der Waals surface area contributed by atoms with Crippen molar-refractivity contribution in [1.82, 2.24) is 0 Å². The lowest BCUT2D eigenvalue weighted by molar-refractivity contribution is -0.144. The molecule has 2 nitrogen and oxygen atoms in total. The fourth-order valence-corrected chi connectivity index (χ4v) is 9.87. The van der Waals surface area contributed by atoms with E-state index in [1.807, 2.05) is 0 Å². The van der Waals surface area contributed by atoms with Gasteiger partial charge in [-0.05, 0) is 99.7 Å². The molecule has 0 amide bonds. The van der Waals surface area contributed by atoms with E-state index < -0.39 is 65.5 Å². The summed E-state index contributed by atoms with van der Waals surface area (Å²) >= 11 is 0. The van der Waals surface area contributed by atoms with E-state index >= 15 is 0 Å². The molecule has 0 aromatic heterocycles. The minimum Gasteiger partial charge on any atom is -0.496 e.